The molecule has 132 valence electrons. The fraction of sp³-hybridized carbons (Fsp3) is 0.167. The van der Waals surface area contributed by atoms with E-state index in [4.69, 9.17) is 25.6 Å². The van der Waals surface area contributed by atoms with Gasteiger partial charge in [-0.15, -0.1) is 0 Å². The minimum atomic E-state index is -0.208. The average Bonchev–Trinajstić information content (AvgIpc) is 3.31. The maximum absolute atomic E-state index is 12.2. The fourth-order valence-electron chi connectivity index (χ4n) is 2.50. The molecule has 4 rings (SSSR count). The van der Waals surface area contributed by atoms with Gasteiger partial charge in [-0.2, -0.15) is 4.98 Å². The van der Waals surface area contributed by atoms with E-state index in [1.807, 2.05) is 12.1 Å². The molecule has 1 aliphatic rings. The number of ether oxygens (including phenoxy) is 2. The SMILES string of the molecule is O=C(NCCc1nc(-c2ccc(Cl)cc2)no1)c1ccc2c(c1)OCO2. The molecule has 1 amide bonds. The van der Waals surface area contributed by atoms with Crippen molar-refractivity contribution in [3.63, 3.8) is 0 Å². The largest absolute Gasteiger partial charge is 0.454 e. The summed E-state index contributed by atoms with van der Waals surface area (Å²) in [6.07, 6.45) is 0.427. The Morgan fingerprint density at radius 2 is 1.92 bits per heavy atom. The molecule has 1 aromatic heterocycles. The lowest BCUT2D eigenvalue weighted by atomic mass is 10.2. The number of amides is 1. The minimum absolute atomic E-state index is 0.174. The molecule has 2 heterocycles. The van der Waals surface area contributed by atoms with E-state index < -0.39 is 0 Å². The number of benzene rings is 2. The Balaban J connectivity index is 1.33. The molecule has 0 radical (unpaired) electrons. The molecule has 3 aromatic rings. The molecule has 7 nitrogen and oxygen atoms in total. The lowest BCUT2D eigenvalue weighted by Gasteiger charge is -2.04. The highest BCUT2D eigenvalue weighted by Gasteiger charge is 2.16. The molecule has 1 N–H and O–H groups in total. The molecule has 8 heteroatoms. The summed E-state index contributed by atoms with van der Waals surface area (Å²) in [5.74, 6) is 1.93. The van der Waals surface area contributed by atoms with E-state index in [9.17, 15) is 4.79 Å². The summed E-state index contributed by atoms with van der Waals surface area (Å²) in [4.78, 5) is 16.5. The van der Waals surface area contributed by atoms with Gasteiger partial charge in [-0.1, -0.05) is 16.8 Å². The van der Waals surface area contributed by atoms with Crippen molar-refractivity contribution in [3.8, 4) is 22.9 Å². The van der Waals surface area contributed by atoms with Gasteiger partial charge in [-0.3, -0.25) is 4.79 Å². The highest BCUT2D eigenvalue weighted by molar-refractivity contribution is 6.30. The van der Waals surface area contributed by atoms with Crippen molar-refractivity contribution in [1.82, 2.24) is 15.5 Å². The first-order valence-corrected chi connectivity index (χ1v) is 8.33. The van der Waals surface area contributed by atoms with E-state index >= 15 is 0 Å². The van der Waals surface area contributed by atoms with Crippen LogP contribution in [-0.4, -0.2) is 29.4 Å². The van der Waals surface area contributed by atoms with Crippen molar-refractivity contribution in [2.45, 2.75) is 6.42 Å². The fourth-order valence-corrected chi connectivity index (χ4v) is 2.62. The van der Waals surface area contributed by atoms with Crippen LogP contribution in [0, 0.1) is 0 Å². The lowest BCUT2D eigenvalue weighted by Crippen LogP contribution is -2.25. The molecular weight excluding hydrogens is 358 g/mol. The monoisotopic (exact) mass is 371 g/mol. The number of rotatable bonds is 5. The van der Waals surface area contributed by atoms with Crippen molar-refractivity contribution in [2.24, 2.45) is 0 Å². The van der Waals surface area contributed by atoms with Gasteiger partial charge in [0.2, 0.25) is 18.5 Å². The van der Waals surface area contributed by atoms with Gasteiger partial charge in [0.05, 0.1) is 0 Å². The summed E-state index contributed by atoms with van der Waals surface area (Å²) in [7, 11) is 0. The van der Waals surface area contributed by atoms with Gasteiger partial charge >= 0.3 is 0 Å². The zero-order valence-electron chi connectivity index (χ0n) is 13.6. The van der Waals surface area contributed by atoms with Crippen LogP contribution in [0.3, 0.4) is 0 Å². The van der Waals surface area contributed by atoms with E-state index in [2.05, 4.69) is 15.5 Å². The van der Waals surface area contributed by atoms with E-state index in [0.29, 0.717) is 46.8 Å². The summed E-state index contributed by atoms with van der Waals surface area (Å²) >= 11 is 5.86. The highest BCUT2D eigenvalue weighted by Crippen LogP contribution is 2.32. The normalized spacial score (nSPS) is 12.2. The highest BCUT2D eigenvalue weighted by atomic mass is 35.5. The van der Waals surface area contributed by atoms with Gasteiger partial charge < -0.3 is 19.3 Å². The van der Waals surface area contributed by atoms with Crippen LogP contribution >= 0.6 is 11.6 Å². The quantitative estimate of drug-likeness (QED) is 0.741. The van der Waals surface area contributed by atoms with Gasteiger partial charge in [0.25, 0.3) is 5.91 Å². The minimum Gasteiger partial charge on any atom is -0.454 e. The van der Waals surface area contributed by atoms with Crippen molar-refractivity contribution >= 4 is 17.5 Å². The molecule has 0 unspecified atom stereocenters. The third-order valence-electron chi connectivity index (χ3n) is 3.83. The first-order valence-electron chi connectivity index (χ1n) is 7.95. The number of nitrogens with zero attached hydrogens (tertiary/aromatic N) is 2. The standard InChI is InChI=1S/C18H14ClN3O4/c19-13-4-1-11(2-5-13)17-21-16(26-22-17)7-8-20-18(23)12-3-6-14-15(9-12)25-10-24-14/h1-6,9H,7-8,10H2,(H,20,23). The van der Waals surface area contributed by atoms with Crippen LogP contribution in [0.25, 0.3) is 11.4 Å². The zero-order chi connectivity index (χ0) is 17.9. The third-order valence-corrected chi connectivity index (χ3v) is 4.08. The summed E-state index contributed by atoms with van der Waals surface area (Å²) < 4.78 is 15.7. The van der Waals surface area contributed by atoms with E-state index in [1.54, 1.807) is 30.3 Å². The van der Waals surface area contributed by atoms with Crippen LogP contribution in [-0.2, 0) is 6.42 Å². The Bertz CT molecular complexity index is 940. The van der Waals surface area contributed by atoms with E-state index in [1.165, 1.54) is 0 Å². The average molecular weight is 372 g/mol. The lowest BCUT2D eigenvalue weighted by molar-refractivity contribution is 0.0953. The number of carbonyl (C=O) groups excluding carboxylic acids is 1. The number of fused-ring (bicyclic) bond motifs is 1. The molecule has 2 aromatic carbocycles. The Hall–Kier alpha value is -3.06. The van der Waals surface area contributed by atoms with Crippen LogP contribution in [0.2, 0.25) is 5.02 Å². The predicted octanol–water partition coefficient (Wildman–Crippen LogP) is 3.09. The first-order chi connectivity index (χ1) is 12.7. The third kappa shape index (κ3) is 3.48. The van der Waals surface area contributed by atoms with Gasteiger partial charge in [0.1, 0.15) is 0 Å². The topological polar surface area (TPSA) is 86.5 Å². The number of carbonyl (C=O) groups is 1. The van der Waals surface area contributed by atoms with Crippen LogP contribution in [0.15, 0.2) is 47.0 Å². The molecule has 26 heavy (non-hydrogen) atoms. The Morgan fingerprint density at radius 1 is 1.12 bits per heavy atom. The smallest absolute Gasteiger partial charge is 0.251 e. The molecular formula is C18H14ClN3O4. The summed E-state index contributed by atoms with van der Waals surface area (Å²) in [6.45, 7) is 0.545. The molecule has 0 fully saturated rings. The van der Waals surface area contributed by atoms with Gasteiger partial charge in [-0.05, 0) is 42.5 Å². The van der Waals surface area contributed by atoms with Gasteiger partial charge in [0, 0.05) is 29.1 Å². The van der Waals surface area contributed by atoms with E-state index in [-0.39, 0.29) is 12.7 Å². The molecule has 0 saturated heterocycles. The second kappa shape index (κ2) is 7.05. The second-order valence-electron chi connectivity index (χ2n) is 5.59. The molecule has 0 spiro atoms. The summed E-state index contributed by atoms with van der Waals surface area (Å²) in [5, 5.41) is 7.40. The Labute approximate surface area is 153 Å². The number of hydrogen-bond donors (Lipinski definition) is 1. The van der Waals surface area contributed by atoms with Gasteiger partial charge in [-0.25, -0.2) is 0 Å². The van der Waals surface area contributed by atoms with Crippen molar-refractivity contribution in [1.29, 1.82) is 0 Å². The number of hydrogen-bond acceptors (Lipinski definition) is 6. The maximum Gasteiger partial charge on any atom is 0.251 e. The predicted molar refractivity (Wildman–Crippen MR) is 93.3 cm³/mol. The molecule has 0 aliphatic carbocycles. The van der Waals surface area contributed by atoms with Crippen molar-refractivity contribution in [3.05, 3.63) is 58.9 Å². The van der Waals surface area contributed by atoms with E-state index in [0.717, 1.165) is 5.56 Å². The van der Waals surface area contributed by atoms with Crippen LogP contribution < -0.4 is 14.8 Å². The van der Waals surface area contributed by atoms with Crippen LogP contribution in [0.1, 0.15) is 16.2 Å². The summed E-state index contributed by atoms with van der Waals surface area (Å²) in [5.41, 5.74) is 1.32. The van der Waals surface area contributed by atoms with Gasteiger partial charge in [0.15, 0.2) is 11.5 Å². The van der Waals surface area contributed by atoms with Crippen LogP contribution in [0.4, 0.5) is 0 Å². The Kier molecular flexibility index (Phi) is 4.45. The molecule has 0 saturated carbocycles. The molecule has 0 atom stereocenters. The zero-order valence-corrected chi connectivity index (χ0v) is 14.3. The van der Waals surface area contributed by atoms with Crippen LogP contribution in [0.5, 0.6) is 11.5 Å². The number of nitrogens with one attached hydrogen (secondary N) is 1. The summed E-state index contributed by atoms with van der Waals surface area (Å²) in [6, 6.07) is 12.2. The number of halogens is 1. The van der Waals surface area contributed by atoms with Crippen molar-refractivity contribution in [2.75, 3.05) is 13.3 Å². The van der Waals surface area contributed by atoms with Crippen molar-refractivity contribution < 1.29 is 18.8 Å². The Morgan fingerprint density at radius 3 is 2.77 bits per heavy atom. The maximum atomic E-state index is 12.2. The molecule has 0 bridgehead atoms. The second-order valence-corrected chi connectivity index (χ2v) is 6.03. The number of aromatic nitrogens is 2. The molecule has 1 aliphatic heterocycles. The first kappa shape index (κ1) is 16.4.